The van der Waals surface area contributed by atoms with Crippen LogP contribution in [0.4, 0.5) is 10.5 Å². The summed E-state index contributed by atoms with van der Waals surface area (Å²) in [6.45, 7) is 3.78. The van der Waals surface area contributed by atoms with Crippen molar-refractivity contribution in [3.05, 3.63) is 23.2 Å². The Balaban J connectivity index is 2.64. The van der Waals surface area contributed by atoms with Crippen LogP contribution in [0.15, 0.2) is 18.2 Å². The van der Waals surface area contributed by atoms with E-state index in [4.69, 9.17) is 26.2 Å². The molecule has 130 valence electrons. The first-order chi connectivity index (χ1) is 11.1. The molecule has 0 saturated carbocycles. The van der Waals surface area contributed by atoms with Gasteiger partial charge in [-0.2, -0.15) is 0 Å². The summed E-state index contributed by atoms with van der Waals surface area (Å²) in [5.74, 6) is 0.542. The lowest BCUT2D eigenvalue weighted by Gasteiger charge is -2.22. The van der Waals surface area contributed by atoms with Crippen LogP contribution in [-0.4, -0.2) is 56.1 Å². The molecule has 6 nitrogen and oxygen atoms in total. The third kappa shape index (κ3) is 7.07. The molecule has 0 aliphatic rings. The molecule has 2 amide bonds. The summed E-state index contributed by atoms with van der Waals surface area (Å²) in [5.41, 5.74) is 0.582. The van der Waals surface area contributed by atoms with E-state index in [0.29, 0.717) is 42.8 Å². The van der Waals surface area contributed by atoms with Gasteiger partial charge in [0.2, 0.25) is 0 Å². The van der Waals surface area contributed by atoms with Gasteiger partial charge >= 0.3 is 6.03 Å². The first kappa shape index (κ1) is 19.5. The molecule has 0 aromatic heterocycles. The van der Waals surface area contributed by atoms with Crippen molar-refractivity contribution in [2.45, 2.75) is 19.8 Å². The summed E-state index contributed by atoms with van der Waals surface area (Å²) in [5, 5.41) is 12.3. The van der Waals surface area contributed by atoms with Crippen molar-refractivity contribution in [2.24, 2.45) is 0 Å². The van der Waals surface area contributed by atoms with E-state index in [1.165, 1.54) is 0 Å². The number of nitrogens with one attached hydrogen (secondary N) is 1. The van der Waals surface area contributed by atoms with Gasteiger partial charge in [0.1, 0.15) is 12.4 Å². The average Bonchev–Trinajstić information content (AvgIpc) is 2.53. The van der Waals surface area contributed by atoms with Gasteiger partial charge < -0.3 is 24.8 Å². The van der Waals surface area contributed by atoms with E-state index in [-0.39, 0.29) is 12.6 Å². The largest absolute Gasteiger partial charge is 0.490 e. The topological polar surface area (TPSA) is 71.0 Å². The fourth-order valence-electron chi connectivity index (χ4n) is 1.92. The van der Waals surface area contributed by atoms with E-state index in [1.807, 2.05) is 0 Å². The number of carbonyl (C=O) groups excluding carboxylic acids is 1. The highest BCUT2D eigenvalue weighted by molar-refractivity contribution is 6.32. The van der Waals surface area contributed by atoms with E-state index in [9.17, 15) is 4.79 Å². The van der Waals surface area contributed by atoms with Gasteiger partial charge in [-0.3, -0.25) is 0 Å². The van der Waals surface area contributed by atoms with E-state index < -0.39 is 0 Å². The summed E-state index contributed by atoms with van der Waals surface area (Å²) < 4.78 is 10.4. The van der Waals surface area contributed by atoms with Gasteiger partial charge in [0.05, 0.1) is 18.2 Å². The molecule has 0 atom stereocenters. The number of halogens is 1. The van der Waals surface area contributed by atoms with Gasteiger partial charge in [0.25, 0.3) is 0 Å². The summed E-state index contributed by atoms with van der Waals surface area (Å²) in [6.07, 6.45) is 1.87. The number of anilines is 1. The average molecular weight is 345 g/mol. The van der Waals surface area contributed by atoms with Crippen LogP contribution in [0.2, 0.25) is 5.02 Å². The molecule has 0 spiro atoms. The zero-order valence-corrected chi connectivity index (χ0v) is 14.4. The predicted octanol–water partition coefficient (Wildman–Crippen LogP) is 2.99. The monoisotopic (exact) mass is 344 g/mol. The van der Waals surface area contributed by atoms with Crippen LogP contribution in [0, 0.1) is 0 Å². The van der Waals surface area contributed by atoms with Crippen molar-refractivity contribution < 1.29 is 19.4 Å². The summed E-state index contributed by atoms with van der Waals surface area (Å²) in [4.78, 5) is 13.8. The van der Waals surface area contributed by atoms with Gasteiger partial charge in [0, 0.05) is 25.9 Å². The number of carbonyl (C=O) groups is 1. The highest BCUT2D eigenvalue weighted by atomic mass is 35.5. The number of amides is 2. The van der Waals surface area contributed by atoms with Crippen LogP contribution in [-0.2, 0) is 4.74 Å². The Labute approximate surface area is 142 Å². The van der Waals surface area contributed by atoms with Crippen LogP contribution in [0.3, 0.4) is 0 Å². The standard InChI is InChI=1S/C16H25ClN2O4/c1-3-4-7-19(8-9-20)16(21)18-13-5-6-15(14(17)12-13)23-11-10-22-2/h5-6,12,20H,3-4,7-11H2,1-2H3,(H,18,21). The highest BCUT2D eigenvalue weighted by Gasteiger charge is 2.13. The Hall–Kier alpha value is -1.50. The maximum Gasteiger partial charge on any atom is 0.321 e. The number of aliphatic hydroxyl groups is 1. The van der Waals surface area contributed by atoms with E-state index in [1.54, 1.807) is 30.2 Å². The molecular formula is C16H25ClN2O4. The number of unbranched alkanes of at least 4 members (excludes halogenated alkanes) is 1. The number of aliphatic hydroxyl groups excluding tert-OH is 1. The maximum atomic E-state index is 12.2. The molecule has 0 fully saturated rings. The van der Waals surface area contributed by atoms with Crippen LogP contribution in [0.5, 0.6) is 5.75 Å². The molecule has 2 N–H and O–H groups in total. The van der Waals surface area contributed by atoms with Gasteiger partial charge in [0.15, 0.2) is 0 Å². The molecule has 0 bridgehead atoms. The maximum absolute atomic E-state index is 12.2. The summed E-state index contributed by atoms with van der Waals surface area (Å²) in [6, 6.07) is 4.81. The second-order valence-corrected chi connectivity index (χ2v) is 5.39. The molecule has 0 radical (unpaired) electrons. The van der Waals surface area contributed by atoms with Gasteiger partial charge in [-0.15, -0.1) is 0 Å². The van der Waals surface area contributed by atoms with Gasteiger partial charge in [-0.25, -0.2) is 4.79 Å². The Kier molecular flexibility index (Phi) is 9.43. The Morgan fingerprint density at radius 1 is 1.35 bits per heavy atom. The molecule has 1 aromatic carbocycles. The molecule has 1 aromatic rings. The molecular weight excluding hydrogens is 320 g/mol. The molecule has 0 heterocycles. The van der Waals surface area contributed by atoms with E-state index in [0.717, 1.165) is 12.8 Å². The minimum absolute atomic E-state index is 0.0653. The fourth-order valence-corrected chi connectivity index (χ4v) is 2.15. The molecule has 0 saturated heterocycles. The Bertz CT molecular complexity index is 485. The Morgan fingerprint density at radius 2 is 2.13 bits per heavy atom. The number of ether oxygens (including phenoxy) is 2. The molecule has 7 heteroatoms. The first-order valence-corrected chi connectivity index (χ1v) is 8.08. The third-order valence-corrected chi connectivity index (χ3v) is 3.46. The lowest BCUT2D eigenvalue weighted by molar-refractivity contribution is 0.146. The molecule has 0 aliphatic carbocycles. The van der Waals surface area contributed by atoms with E-state index >= 15 is 0 Å². The summed E-state index contributed by atoms with van der Waals surface area (Å²) in [7, 11) is 1.60. The van der Waals surface area contributed by atoms with Crippen LogP contribution >= 0.6 is 11.6 Å². The first-order valence-electron chi connectivity index (χ1n) is 7.70. The third-order valence-electron chi connectivity index (χ3n) is 3.17. The number of hydrogen-bond acceptors (Lipinski definition) is 4. The predicted molar refractivity (Wildman–Crippen MR) is 91.4 cm³/mol. The molecule has 0 aliphatic heterocycles. The number of rotatable bonds is 10. The Morgan fingerprint density at radius 3 is 2.74 bits per heavy atom. The van der Waals surface area contributed by atoms with Crippen molar-refractivity contribution in [1.82, 2.24) is 4.90 Å². The number of urea groups is 1. The minimum atomic E-state index is -0.253. The SMILES string of the molecule is CCCCN(CCO)C(=O)Nc1ccc(OCCOC)c(Cl)c1. The molecule has 23 heavy (non-hydrogen) atoms. The van der Waals surface area contributed by atoms with Gasteiger partial charge in [-0.05, 0) is 24.6 Å². The number of benzene rings is 1. The van der Waals surface area contributed by atoms with E-state index in [2.05, 4.69) is 12.2 Å². The second-order valence-electron chi connectivity index (χ2n) is 4.98. The minimum Gasteiger partial charge on any atom is -0.490 e. The van der Waals surface area contributed by atoms with Crippen molar-refractivity contribution in [3.63, 3.8) is 0 Å². The second kappa shape index (κ2) is 11.1. The highest BCUT2D eigenvalue weighted by Crippen LogP contribution is 2.27. The number of nitrogens with zero attached hydrogens (tertiary/aromatic N) is 1. The fraction of sp³-hybridized carbons (Fsp3) is 0.562. The van der Waals surface area contributed by atoms with Crippen LogP contribution < -0.4 is 10.1 Å². The molecule has 1 rings (SSSR count). The quantitative estimate of drug-likeness (QED) is 0.640. The number of hydrogen-bond donors (Lipinski definition) is 2. The lowest BCUT2D eigenvalue weighted by atomic mass is 10.3. The van der Waals surface area contributed by atoms with Crippen molar-refractivity contribution >= 4 is 23.3 Å². The van der Waals surface area contributed by atoms with Crippen molar-refractivity contribution in [3.8, 4) is 5.75 Å². The lowest BCUT2D eigenvalue weighted by Crippen LogP contribution is -2.37. The van der Waals surface area contributed by atoms with Crippen molar-refractivity contribution in [2.75, 3.05) is 45.3 Å². The number of methoxy groups -OCH3 is 1. The zero-order chi connectivity index (χ0) is 17.1. The van der Waals surface area contributed by atoms with Crippen LogP contribution in [0.1, 0.15) is 19.8 Å². The normalized spacial score (nSPS) is 10.4. The van der Waals surface area contributed by atoms with Crippen LogP contribution in [0.25, 0.3) is 0 Å². The smallest absolute Gasteiger partial charge is 0.321 e. The summed E-state index contributed by atoms with van der Waals surface area (Å²) >= 11 is 6.15. The molecule has 0 unspecified atom stereocenters. The van der Waals surface area contributed by atoms with Crippen molar-refractivity contribution in [1.29, 1.82) is 0 Å². The van der Waals surface area contributed by atoms with Gasteiger partial charge in [-0.1, -0.05) is 24.9 Å². The zero-order valence-electron chi connectivity index (χ0n) is 13.7.